The number of amides is 1. The largest absolute Gasteiger partial charge is 0.416 e. The lowest BCUT2D eigenvalue weighted by Gasteiger charge is -2.10. The lowest BCUT2D eigenvalue weighted by atomic mass is 10.2. The van der Waals surface area contributed by atoms with E-state index < -0.39 is 11.7 Å². The van der Waals surface area contributed by atoms with Gasteiger partial charge in [0.25, 0.3) is 5.91 Å². The van der Waals surface area contributed by atoms with Crippen molar-refractivity contribution in [2.75, 3.05) is 6.54 Å². The maximum Gasteiger partial charge on any atom is 0.416 e. The number of benzene rings is 1. The van der Waals surface area contributed by atoms with Gasteiger partial charge in [-0.15, -0.1) is 0 Å². The van der Waals surface area contributed by atoms with Crippen molar-refractivity contribution in [3.63, 3.8) is 0 Å². The van der Waals surface area contributed by atoms with Crippen LogP contribution in [0.25, 0.3) is 5.69 Å². The minimum atomic E-state index is -4.42. The van der Waals surface area contributed by atoms with Gasteiger partial charge in [-0.05, 0) is 32.0 Å². The molecule has 112 valence electrons. The lowest BCUT2D eigenvalue weighted by Crippen LogP contribution is -2.23. The van der Waals surface area contributed by atoms with Crippen LogP contribution < -0.4 is 5.32 Å². The van der Waals surface area contributed by atoms with Gasteiger partial charge in [0.2, 0.25) is 0 Å². The van der Waals surface area contributed by atoms with E-state index in [1.165, 1.54) is 23.0 Å². The summed E-state index contributed by atoms with van der Waals surface area (Å²) in [4.78, 5) is 11.8. The quantitative estimate of drug-likeness (QED) is 0.947. The summed E-state index contributed by atoms with van der Waals surface area (Å²) in [5.41, 5.74) is 0.335. The monoisotopic (exact) mass is 297 g/mol. The molecule has 0 radical (unpaired) electrons. The Hall–Kier alpha value is -2.31. The second kappa shape index (κ2) is 5.59. The summed E-state index contributed by atoms with van der Waals surface area (Å²) in [6.07, 6.45) is -3.07. The molecule has 0 saturated carbocycles. The van der Waals surface area contributed by atoms with Crippen LogP contribution >= 0.6 is 0 Å². The number of carbonyl (C=O) groups is 1. The Kier molecular flexibility index (Phi) is 4.02. The lowest BCUT2D eigenvalue weighted by molar-refractivity contribution is -0.137. The number of carbonyl (C=O) groups excluding carboxylic acids is 1. The number of rotatable bonds is 3. The molecule has 2 aromatic rings. The van der Waals surface area contributed by atoms with Crippen molar-refractivity contribution in [3.05, 3.63) is 47.3 Å². The third-order valence-corrected chi connectivity index (χ3v) is 3.01. The van der Waals surface area contributed by atoms with Crippen molar-refractivity contribution in [1.82, 2.24) is 15.1 Å². The third-order valence-electron chi connectivity index (χ3n) is 3.01. The van der Waals surface area contributed by atoms with Crippen LogP contribution in [0.2, 0.25) is 0 Å². The smallest absolute Gasteiger partial charge is 0.352 e. The van der Waals surface area contributed by atoms with Crippen molar-refractivity contribution >= 4 is 5.91 Å². The molecule has 1 heterocycles. The third kappa shape index (κ3) is 3.07. The van der Waals surface area contributed by atoms with E-state index in [-0.39, 0.29) is 11.6 Å². The van der Waals surface area contributed by atoms with Crippen molar-refractivity contribution in [2.45, 2.75) is 20.0 Å². The molecule has 21 heavy (non-hydrogen) atoms. The summed E-state index contributed by atoms with van der Waals surface area (Å²) in [6.45, 7) is 3.88. The zero-order chi connectivity index (χ0) is 15.6. The minimum absolute atomic E-state index is 0.262. The molecule has 0 bridgehead atoms. The van der Waals surface area contributed by atoms with Crippen molar-refractivity contribution < 1.29 is 18.0 Å². The molecule has 1 amide bonds. The average Bonchev–Trinajstić information content (AvgIpc) is 2.80. The van der Waals surface area contributed by atoms with Crippen molar-refractivity contribution in [2.24, 2.45) is 0 Å². The molecule has 4 nitrogen and oxygen atoms in total. The highest BCUT2D eigenvalue weighted by atomic mass is 19.4. The van der Waals surface area contributed by atoms with E-state index in [0.717, 1.165) is 12.1 Å². The number of nitrogens with one attached hydrogen (secondary N) is 1. The highest BCUT2D eigenvalue weighted by Crippen LogP contribution is 2.30. The van der Waals surface area contributed by atoms with Crippen molar-refractivity contribution in [1.29, 1.82) is 0 Å². The van der Waals surface area contributed by atoms with E-state index in [1.54, 1.807) is 13.8 Å². The Morgan fingerprint density at radius 2 is 2.10 bits per heavy atom. The number of hydrogen-bond donors (Lipinski definition) is 1. The van der Waals surface area contributed by atoms with Gasteiger partial charge in [-0.2, -0.15) is 18.3 Å². The summed E-state index contributed by atoms with van der Waals surface area (Å²) >= 11 is 0. The fraction of sp³-hybridized carbons (Fsp3) is 0.286. The molecule has 2 rings (SSSR count). The number of halogens is 3. The highest BCUT2D eigenvalue weighted by molar-refractivity contribution is 5.95. The van der Waals surface area contributed by atoms with Gasteiger partial charge in [0, 0.05) is 6.54 Å². The molecule has 0 atom stereocenters. The first-order valence-electron chi connectivity index (χ1n) is 6.35. The molecule has 1 aromatic heterocycles. The second-order valence-electron chi connectivity index (χ2n) is 4.46. The van der Waals surface area contributed by atoms with Crippen LogP contribution in [-0.2, 0) is 6.18 Å². The molecule has 0 aliphatic carbocycles. The van der Waals surface area contributed by atoms with Crippen LogP contribution in [0.15, 0.2) is 30.5 Å². The summed E-state index contributed by atoms with van der Waals surface area (Å²) in [5.74, 6) is -0.298. The van der Waals surface area contributed by atoms with E-state index in [9.17, 15) is 18.0 Å². The van der Waals surface area contributed by atoms with Gasteiger partial charge in [-0.1, -0.05) is 6.07 Å². The molecular weight excluding hydrogens is 283 g/mol. The standard InChI is InChI=1S/C14H14F3N3O/c1-3-18-13(21)12-8-19-20(9(12)2)11-6-4-5-10(7-11)14(15,16)17/h4-8H,3H2,1-2H3,(H,18,21). The van der Waals surface area contributed by atoms with Gasteiger partial charge in [0.05, 0.1) is 28.7 Å². The molecule has 1 N–H and O–H groups in total. The number of aromatic nitrogens is 2. The molecule has 0 unspecified atom stereocenters. The van der Waals surface area contributed by atoms with Gasteiger partial charge in [-0.3, -0.25) is 4.79 Å². The summed E-state index contributed by atoms with van der Waals surface area (Å²) in [7, 11) is 0. The van der Waals surface area contributed by atoms with E-state index >= 15 is 0 Å². The number of alkyl halides is 3. The van der Waals surface area contributed by atoms with Crippen LogP contribution in [0.3, 0.4) is 0 Å². The predicted molar refractivity (Wildman–Crippen MR) is 71.3 cm³/mol. The van der Waals surface area contributed by atoms with Crippen LogP contribution in [0.5, 0.6) is 0 Å². The summed E-state index contributed by atoms with van der Waals surface area (Å²) < 4.78 is 39.5. The fourth-order valence-electron chi connectivity index (χ4n) is 1.96. The van der Waals surface area contributed by atoms with Crippen LogP contribution in [0, 0.1) is 6.92 Å². The Labute approximate surface area is 119 Å². The van der Waals surface area contributed by atoms with Crippen molar-refractivity contribution in [3.8, 4) is 5.69 Å². The number of nitrogens with zero attached hydrogens (tertiary/aromatic N) is 2. The Bertz CT molecular complexity index is 662. The minimum Gasteiger partial charge on any atom is -0.352 e. The van der Waals surface area contributed by atoms with Gasteiger partial charge >= 0.3 is 6.18 Å². The van der Waals surface area contributed by atoms with Crippen LogP contribution in [0.1, 0.15) is 28.5 Å². The Balaban J connectivity index is 2.42. The maximum absolute atomic E-state index is 12.7. The zero-order valence-corrected chi connectivity index (χ0v) is 11.5. The maximum atomic E-state index is 12.7. The Morgan fingerprint density at radius 1 is 1.38 bits per heavy atom. The first-order valence-corrected chi connectivity index (χ1v) is 6.35. The average molecular weight is 297 g/mol. The first-order chi connectivity index (χ1) is 9.84. The number of hydrogen-bond acceptors (Lipinski definition) is 2. The Morgan fingerprint density at radius 3 is 2.71 bits per heavy atom. The molecule has 0 aliphatic heterocycles. The zero-order valence-electron chi connectivity index (χ0n) is 11.5. The molecule has 0 spiro atoms. The normalized spacial score (nSPS) is 11.5. The molecule has 0 fully saturated rings. The molecule has 0 saturated heterocycles. The molecule has 1 aromatic carbocycles. The van der Waals surface area contributed by atoms with Gasteiger partial charge in [0.15, 0.2) is 0 Å². The summed E-state index contributed by atoms with van der Waals surface area (Å²) in [5, 5.41) is 6.63. The fourth-order valence-corrected chi connectivity index (χ4v) is 1.96. The van der Waals surface area contributed by atoms with E-state index in [0.29, 0.717) is 17.8 Å². The van der Waals surface area contributed by atoms with E-state index in [1.807, 2.05) is 0 Å². The van der Waals surface area contributed by atoms with E-state index in [2.05, 4.69) is 10.4 Å². The van der Waals surface area contributed by atoms with E-state index in [4.69, 9.17) is 0 Å². The first kappa shape index (κ1) is 15.1. The summed E-state index contributed by atoms with van der Waals surface area (Å²) in [6, 6.07) is 4.82. The highest BCUT2D eigenvalue weighted by Gasteiger charge is 2.30. The SMILES string of the molecule is CCNC(=O)c1cnn(-c2cccc(C(F)(F)F)c2)c1C. The van der Waals surface area contributed by atoms with Crippen LogP contribution in [-0.4, -0.2) is 22.2 Å². The molecule has 7 heteroatoms. The van der Waals surface area contributed by atoms with Gasteiger partial charge in [0.1, 0.15) is 0 Å². The topological polar surface area (TPSA) is 46.9 Å². The van der Waals surface area contributed by atoms with Gasteiger partial charge in [-0.25, -0.2) is 4.68 Å². The molecule has 0 aliphatic rings. The predicted octanol–water partition coefficient (Wildman–Crippen LogP) is 2.95. The molecular formula is C14H14F3N3O. The van der Waals surface area contributed by atoms with Crippen LogP contribution in [0.4, 0.5) is 13.2 Å². The second-order valence-corrected chi connectivity index (χ2v) is 4.46. The van der Waals surface area contributed by atoms with Gasteiger partial charge < -0.3 is 5.32 Å².